The third kappa shape index (κ3) is 11.2. The van der Waals surface area contributed by atoms with Gasteiger partial charge in [-0.1, -0.05) is 91.4 Å². The summed E-state index contributed by atoms with van der Waals surface area (Å²) >= 11 is 0. The maximum atomic E-state index is 11.3. The second kappa shape index (κ2) is 12.7. The Bertz CT molecular complexity index is 200. The molecule has 0 fully saturated rings. The predicted octanol–water partition coefficient (Wildman–Crippen LogP) is 6.30. The van der Waals surface area contributed by atoms with Gasteiger partial charge in [0.05, 0.1) is 0 Å². The van der Waals surface area contributed by atoms with E-state index >= 15 is 0 Å². The SMILES string of the molecule is CCCCCCCCCC(C)(C=O)CCCCCC. The molecule has 0 aromatic carbocycles. The summed E-state index contributed by atoms with van der Waals surface area (Å²) in [4.78, 5) is 11.3. The van der Waals surface area contributed by atoms with Gasteiger partial charge in [-0.3, -0.25) is 0 Å². The van der Waals surface area contributed by atoms with Gasteiger partial charge in [0, 0.05) is 5.41 Å². The lowest BCUT2D eigenvalue weighted by molar-refractivity contribution is -0.116. The molecule has 0 aromatic rings. The van der Waals surface area contributed by atoms with Crippen LogP contribution >= 0.6 is 0 Å². The quantitative estimate of drug-likeness (QED) is 0.267. The molecule has 0 aromatic heterocycles. The Morgan fingerprint density at radius 2 is 1.05 bits per heavy atom. The third-order valence-corrected chi connectivity index (χ3v) is 4.24. The van der Waals surface area contributed by atoms with E-state index in [0.717, 1.165) is 12.8 Å². The van der Waals surface area contributed by atoms with E-state index in [-0.39, 0.29) is 5.41 Å². The van der Waals surface area contributed by atoms with Gasteiger partial charge in [0.1, 0.15) is 6.29 Å². The number of hydrogen-bond donors (Lipinski definition) is 0. The molecule has 114 valence electrons. The zero-order valence-electron chi connectivity index (χ0n) is 13.7. The third-order valence-electron chi connectivity index (χ3n) is 4.24. The van der Waals surface area contributed by atoms with Crippen LogP contribution < -0.4 is 0 Å². The van der Waals surface area contributed by atoms with Crippen LogP contribution in [0.4, 0.5) is 0 Å². The van der Waals surface area contributed by atoms with E-state index < -0.39 is 0 Å². The Morgan fingerprint density at radius 3 is 1.47 bits per heavy atom. The second-order valence-corrected chi connectivity index (χ2v) is 6.45. The van der Waals surface area contributed by atoms with Crippen molar-refractivity contribution in [2.24, 2.45) is 5.41 Å². The number of rotatable bonds is 14. The Labute approximate surface area is 121 Å². The highest BCUT2D eigenvalue weighted by atomic mass is 16.1. The first-order chi connectivity index (χ1) is 9.18. The summed E-state index contributed by atoms with van der Waals surface area (Å²) in [5.74, 6) is 0. The van der Waals surface area contributed by atoms with E-state index in [9.17, 15) is 4.79 Å². The fourth-order valence-electron chi connectivity index (χ4n) is 2.68. The topological polar surface area (TPSA) is 17.1 Å². The second-order valence-electron chi connectivity index (χ2n) is 6.45. The predicted molar refractivity (Wildman–Crippen MR) is 85.5 cm³/mol. The van der Waals surface area contributed by atoms with Crippen molar-refractivity contribution >= 4 is 6.29 Å². The molecule has 0 aliphatic heterocycles. The van der Waals surface area contributed by atoms with Gasteiger partial charge in [-0.05, 0) is 12.8 Å². The average molecular weight is 268 g/mol. The van der Waals surface area contributed by atoms with Crippen LogP contribution in [0.3, 0.4) is 0 Å². The van der Waals surface area contributed by atoms with Crippen LogP contribution in [0.1, 0.15) is 104 Å². The summed E-state index contributed by atoms with van der Waals surface area (Å²) in [7, 11) is 0. The zero-order chi connectivity index (χ0) is 14.4. The lowest BCUT2D eigenvalue weighted by Gasteiger charge is -2.22. The van der Waals surface area contributed by atoms with E-state index in [1.54, 1.807) is 0 Å². The minimum atomic E-state index is -0.0445. The van der Waals surface area contributed by atoms with Crippen molar-refractivity contribution in [1.29, 1.82) is 0 Å². The molecule has 1 unspecified atom stereocenters. The Hall–Kier alpha value is -0.330. The summed E-state index contributed by atoms with van der Waals surface area (Å²) in [6.07, 6.45) is 17.9. The monoisotopic (exact) mass is 268 g/mol. The molecule has 0 amide bonds. The van der Waals surface area contributed by atoms with E-state index in [4.69, 9.17) is 0 Å². The van der Waals surface area contributed by atoms with Crippen LogP contribution in [-0.4, -0.2) is 6.29 Å². The molecule has 0 saturated heterocycles. The first-order valence-electron chi connectivity index (χ1n) is 8.65. The van der Waals surface area contributed by atoms with E-state index in [1.165, 1.54) is 76.9 Å². The standard InChI is InChI=1S/C18H36O/c1-4-6-8-10-11-12-14-16-18(3,17-19)15-13-9-7-5-2/h17H,4-16H2,1-3H3. The molecule has 0 N–H and O–H groups in total. The molecule has 19 heavy (non-hydrogen) atoms. The van der Waals surface area contributed by atoms with Gasteiger partial charge in [0.2, 0.25) is 0 Å². The van der Waals surface area contributed by atoms with Crippen molar-refractivity contribution in [2.75, 3.05) is 0 Å². The number of unbranched alkanes of at least 4 members (excludes halogenated alkanes) is 9. The van der Waals surface area contributed by atoms with Crippen LogP contribution in [0.2, 0.25) is 0 Å². The lowest BCUT2D eigenvalue weighted by atomic mass is 9.81. The van der Waals surface area contributed by atoms with Gasteiger partial charge in [0.25, 0.3) is 0 Å². The first-order valence-corrected chi connectivity index (χ1v) is 8.65. The van der Waals surface area contributed by atoms with Crippen molar-refractivity contribution < 1.29 is 4.79 Å². The van der Waals surface area contributed by atoms with Crippen LogP contribution in [0.15, 0.2) is 0 Å². The largest absolute Gasteiger partial charge is 0.303 e. The summed E-state index contributed by atoms with van der Waals surface area (Å²) in [6.45, 7) is 6.65. The van der Waals surface area contributed by atoms with Crippen molar-refractivity contribution in [3.63, 3.8) is 0 Å². The molecular formula is C18H36O. The molecule has 1 atom stereocenters. The number of aldehydes is 1. The van der Waals surface area contributed by atoms with Gasteiger partial charge in [-0.25, -0.2) is 0 Å². The van der Waals surface area contributed by atoms with Crippen LogP contribution in [-0.2, 0) is 4.79 Å². The van der Waals surface area contributed by atoms with Crippen LogP contribution in [0, 0.1) is 5.41 Å². The van der Waals surface area contributed by atoms with Crippen molar-refractivity contribution in [3.8, 4) is 0 Å². The molecule has 0 bridgehead atoms. The molecule has 0 saturated carbocycles. The molecule has 0 radical (unpaired) electrons. The van der Waals surface area contributed by atoms with Crippen LogP contribution in [0.25, 0.3) is 0 Å². The van der Waals surface area contributed by atoms with E-state index in [1.807, 2.05) is 0 Å². The minimum Gasteiger partial charge on any atom is -0.303 e. The highest BCUT2D eigenvalue weighted by molar-refractivity contribution is 5.58. The van der Waals surface area contributed by atoms with Gasteiger partial charge in [0.15, 0.2) is 0 Å². The zero-order valence-corrected chi connectivity index (χ0v) is 13.7. The summed E-state index contributed by atoms with van der Waals surface area (Å²) < 4.78 is 0. The Kier molecular flexibility index (Phi) is 12.5. The van der Waals surface area contributed by atoms with Gasteiger partial charge >= 0.3 is 0 Å². The summed E-state index contributed by atoms with van der Waals surface area (Å²) in [5, 5.41) is 0. The number of hydrogen-bond acceptors (Lipinski definition) is 1. The number of carbonyl (C=O) groups is 1. The first kappa shape index (κ1) is 18.7. The molecule has 1 heteroatoms. The Balaban J connectivity index is 3.58. The smallest absolute Gasteiger partial charge is 0.125 e. The lowest BCUT2D eigenvalue weighted by Crippen LogP contribution is -2.18. The molecule has 1 nitrogen and oxygen atoms in total. The maximum Gasteiger partial charge on any atom is 0.125 e. The molecular weight excluding hydrogens is 232 g/mol. The summed E-state index contributed by atoms with van der Waals surface area (Å²) in [5.41, 5.74) is -0.0445. The highest BCUT2D eigenvalue weighted by Crippen LogP contribution is 2.29. The maximum absolute atomic E-state index is 11.3. The van der Waals surface area contributed by atoms with Gasteiger partial charge in [-0.15, -0.1) is 0 Å². The molecule has 0 aliphatic carbocycles. The molecule has 0 spiro atoms. The molecule has 0 aliphatic rings. The van der Waals surface area contributed by atoms with Gasteiger partial charge in [-0.2, -0.15) is 0 Å². The van der Waals surface area contributed by atoms with E-state index in [0.29, 0.717) is 0 Å². The van der Waals surface area contributed by atoms with E-state index in [2.05, 4.69) is 20.8 Å². The summed E-state index contributed by atoms with van der Waals surface area (Å²) in [6, 6.07) is 0. The Morgan fingerprint density at radius 1 is 0.684 bits per heavy atom. The molecule has 0 rings (SSSR count). The fraction of sp³-hybridized carbons (Fsp3) is 0.944. The van der Waals surface area contributed by atoms with Crippen molar-refractivity contribution in [2.45, 2.75) is 104 Å². The average Bonchev–Trinajstić information content (AvgIpc) is 2.43. The molecule has 0 heterocycles. The van der Waals surface area contributed by atoms with Crippen LogP contribution in [0.5, 0.6) is 0 Å². The normalized spacial score (nSPS) is 14.3. The minimum absolute atomic E-state index is 0.0445. The fourth-order valence-corrected chi connectivity index (χ4v) is 2.68. The van der Waals surface area contributed by atoms with Crippen molar-refractivity contribution in [3.05, 3.63) is 0 Å². The number of carbonyl (C=O) groups excluding carboxylic acids is 1. The highest BCUT2D eigenvalue weighted by Gasteiger charge is 2.22. The van der Waals surface area contributed by atoms with Gasteiger partial charge < -0.3 is 4.79 Å². The van der Waals surface area contributed by atoms with Crippen molar-refractivity contribution in [1.82, 2.24) is 0 Å².